The molecular weight excluding hydrogens is 385 g/mol. The minimum absolute atomic E-state index is 0.00303. The number of nitrogens with one attached hydrogen (secondary N) is 1. The average Bonchev–Trinajstić information content (AvgIpc) is 2.50. The number of anilines is 1. The van der Waals surface area contributed by atoms with E-state index in [1.54, 1.807) is 25.1 Å². The van der Waals surface area contributed by atoms with Crippen molar-refractivity contribution in [2.24, 2.45) is 0 Å². The monoisotopic (exact) mass is 399 g/mol. The van der Waals surface area contributed by atoms with Gasteiger partial charge in [0.15, 0.2) is 9.84 Å². The number of carbonyl (C=O) groups excluding carboxylic acids is 1. The van der Waals surface area contributed by atoms with Gasteiger partial charge in [-0.15, -0.1) is 0 Å². The van der Waals surface area contributed by atoms with Crippen LogP contribution in [-0.4, -0.2) is 20.1 Å². The Morgan fingerprint density at radius 2 is 1.91 bits per heavy atom. The summed E-state index contributed by atoms with van der Waals surface area (Å²) >= 11 is 3.13. The van der Waals surface area contributed by atoms with Gasteiger partial charge in [-0.2, -0.15) is 0 Å². The lowest BCUT2D eigenvalue weighted by molar-refractivity contribution is 0.102. The highest BCUT2D eigenvalue weighted by Crippen LogP contribution is 2.22. The zero-order valence-corrected chi connectivity index (χ0v) is 14.7. The molecule has 0 radical (unpaired) electrons. The number of amides is 1. The van der Waals surface area contributed by atoms with Gasteiger partial charge in [-0.25, -0.2) is 12.8 Å². The first-order chi connectivity index (χ1) is 10.8. The predicted molar refractivity (Wildman–Crippen MR) is 90.8 cm³/mol. The van der Waals surface area contributed by atoms with Gasteiger partial charge < -0.3 is 5.32 Å². The van der Waals surface area contributed by atoms with E-state index < -0.39 is 21.6 Å². The summed E-state index contributed by atoms with van der Waals surface area (Å²) < 4.78 is 38.9. The van der Waals surface area contributed by atoms with Crippen molar-refractivity contribution in [1.82, 2.24) is 0 Å². The van der Waals surface area contributed by atoms with Gasteiger partial charge in [0, 0.05) is 4.47 Å². The molecule has 0 saturated heterocycles. The minimum Gasteiger partial charge on any atom is -0.319 e. The lowest BCUT2D eigenvalue weighted by Gasteiger charge is -2.11. The van der Waals surface area contributed by atoms with E-state index in [1.165, 1.54) is 24.3 Å². The molecule has 122 valence electrons. The maximum atomic E-state index is 13.8. The van der Waals surface area contributed by atoms with E-state index in [0.29, 0.717) is 10.9 Å². The Bertz CT molecular complexity index is 837. The molecule has 1 amide bonds. The number of hydrogen-bond acceptors (Lipinski definition) is 3. The molecule has 0 bridgehead atoms. The number of benzene rings is 2. The van der Waals surface area contributed by atoms with E-state index >= 15 is 0 Å². The highest BCUT2D eigenvalue weighted by Gasteiger charge is 2.22. The van der Waals surface area contributed by atoms with Crippen LogP contribution < -0.4 is 5.32 Å². The third-order valence-electron chi connectivity index (χ3n) is 3.12. The van der Waals surface area contributed by atoms with Gasteiger partial charge in [-0.3, -0.25) is 4.79 Å². The van der Waals surface area contributed by atoms with Gasteiger partial charge in [-0.05, 0) is 36.8 Å². The topological polar surface area (TPSA) is 63.2 Å². The first-order valence-electron chi connectivity index (χ1n) is 6.93. The summed E-state index contributed by atoms with van der Waals surface area (Å²) in [5, 5.41) is 2.41. The molecule has 0 aliphatic carbocycles. The normalized spacial score (nSPS) is 11.3. The fraction of sp³-hybridized carbons (Fsp3) is 0.188. The molecule has 4 nitrogen and oxygen atoms in total. The molecule has 0 aromatic heterocycles. The van der Waals surface area contributed by atoms with Crippen LogP contribution >= 0.6 is 15.9 Å². The molecule has 7 heteroatoms. The van der Waals surface area contributed by atoms with Gasteiger partial charge in [0.05, 0.1) is 21.9 Å². The Hall–Kier alpha value is -1.73. The van der Waals surface area contributed by atoms with Crippen molar-refractivity contribution in [3.63, 3.8) is 0 Å². The Morgan fingerprint density at radius 3 is 2.57 bits per heavy atom. The van der Waals surface area contributed by atoms with E-state index in [9.17, 15) is 17.6 Å². The van der Waals surface area contributed by atoms with E-state index in [1.807, 2.05) is 0 Å². The van der Waals surface area contributed by atoms with Gasteiger partial charge in [0.2, 0.25) is 0 Å². The Morgan fingerprint density at radius 1 is 1.22 bits per heavy atom. The predicted octanol–water partition coefficient (Wildman–Crippen LogP) is 4.02. The zero-order valence-electron chi connectivity index (χ0n) is 12.3. The molecule has 0 atom stereocenters. The third kappa shape index (κ3) is 4.17. The summed E-state index contributed by atoms with van der Waals surface area (Å²) in [6.45, 7) is 1.75. The molecule has 2 rings (SSSR count). The standard InChI is InChI=1S/C16H15BrFNO3S/c1-2-9-23(21,22)15-6-4-3-5-12(15)16(20)19-14-8-7-11(17)10-13(14)18/h3-8,10H,2,9H2,1H3,(H,19,20). The maximum absolute atomic E-state index is 13.8. The van der Waals surface area contributed by atoms with E-state index in [0.717, 1.165) is 0 Å². The fourth-order valence-corrected chi connectivity index (χ4v) is 3.96. The maximum Gasteiger partial charge on any atom is 0.257 e. The van der Waals surface area contributed by atoms with Crippen molar-refractivity contribution >= 4 is 37.4 Å². The number of hydrogen-bond donors (Lipinski definition) is 1. The summed E-state index contributed by atoms with van der Waals surface area (Å²) in [6, 6.07) is 10.1. The summed E-state index contributed by atoms with van der Waals surface area (Å²) in [5.74, 6) is -1.33. The molecule has 1 N–H and O–H groups in total. The van der Waals surface area contributed by atoms with Gasteiger partial charge in [0.25, 0.3) is 5.91 Å². The smallest absolute Gasteiger partial charge is 0.257 e. The van der Waals surface area contributed by atoms with Crippen LogP contribution in [0.15, 0.2) is 51.8 Å². The molecule has 0 heterocycles. The van der Waals surface area contributed by atoms with Gasteiger partial charge in [0.1, 0.15) is 5.82 Å². The van der Waals surface area contributed by atoms with Crippen LogP contribution in [-0.2, 0) is 9.84 Å². The number of rotatable bonds is 5. The average molecular weight is 400 g/mol. The molecule has 0 saturated carbocycles. The fourth-order valence-electron chi connectivity index (χ4n) is 2.08. The molecule has 23 heavy (non-hydrogen) atoms. The van der Waals surface area contributed by atoms with Crippen molar-refractivity contribution in [3.8, 4) is 0 Å². The number of halogens is 2. The van der Waals surface area contributed by atoms with Crippen molar-refractivity contribution < 1.29 is 17.6 Å². The minimum atomic E-state index is -3.56. The van der Waals surface area contributed by atoms with Crippen molar-refractivity contribution in [3.05, 3.63) is 58.3 Å². The highest BCUT2D eigenvalue weighted by atomic mass is 79.9. The molecule has 0 aliphatic heterocycles. The quantitative estimate of drug-likeness (QED) is 0.825. The summed E-state index contributed by atoms with van der Waals surface area (Å²) in [6.07, 6.45) is 0.444. The second kappa shape index (κ2) is 7.23. The zero-order chi connectivity index (χ0) is 17.0. The molecule has 2 aromatic carbocycles. The van der Waals surface area contributed by atoms with Crippen LogP contribution in [0.5, 0.6) is 0 Å². The Kier molecular flexibility index (Phi) is 5.54. The first-order valence-corrected chi connectivity index (χ1v) is 9.38. The van der Waals surface area contributed by atoms with E-state index in [2.05, 4.69) is 21.2 Å². The summed E-state index contributed by atoms with van der Waals surface area (Å²) in [4.78, 5) is 12.3. The molecule has 2 aromatic rings. The summed E-state index contributed by atoms with van der Waals surface area (Å²) in [7, 11) is -3.56. The second-order valence-corrected chi connectivity index (χ2v) is 7.89. The van der Waals surface area contributed by atoms with Crippen molar-refractivity contribution in [2.75, 3.05) is 11.1 Å². The lowest BCUT2D eigenvalue weighted by atomic mass is 10.2. The van der Waals surface area contributed by atoms with Crippen LogP contribution in [0.25, 0.3) is 0 Å². The van der Waals surface area contributed by atoms with Crippen molar-refractivity contribution in [2.45, 2.75) is 18.2 Å². The molecule has 0 aliphatic rings. The number of carbonyl (C=O) groups is 1. The van der Waals surface area contributed by atoms with Crippen molar-refractivity contribution in [1.29, 1.82) is 0 Å². The second-order valence-electron chi connectivity index (χ2n) is 4.89. The summed E-state index contributed by atoms with van der Waals surface area (Å²) in [5.41, 5.74) is -0.0100. The molecule has 0 spiro atoms. The largest absolute Gasteiger partial charge is 0.319 e. The number of sulfone groups is 1. The molecule has 0 unspecified atom stereocenters. The molecule has 0 fully saturated rings. The van der Waals surface area contributed by atoms with Gasteiger partial charge >= 0.3 is 0 Å². The lowest BCUT2D eigenvalue weighted by Crippen LogP contribution is -2.18. The van der Waals surface area contributed by atoms with Crippen LogP contribution in [0, 0.1) is 5.82 Å². The third-order valence-corrected chi connectivity index (χ3v) is 5.58. The highest BCUT2D eigenvalue weighted by molar-refractivity contribution is 9.10. The Balaban J connectivity index is 2.37. The Labute approximate surface area is 142 Å². The van der Waals surface area contributed by atoms with E-state index in [4.69, 9.17) is 0 Å². The van der Waals surface area contributed by atoms with Crippen LogP contribution in [0.3, 0.4) is 0 Å². The first kappa shape index (κ1) is 17.6. The van der Waals surface area contributed by atoms with Gasteiger partial charge in [-0.1, -0.05) is 35.0 Å². The van der Waals surface area contributed by atoms with Crippen LogP contribution in [0.4, 0.5) is 10.1 Å². The van der Waals surface area contributed by atoms with E-state index in [-0.39, 0.29) is 21.9 Å². The van der Waals surface area contributed by atoms with Crippen LogP contribution in [0.2, 0.25) is 0 Å². The SMILES string of the molecule is CCCS(=O)(=O)c1ccccc1C(=O)Nc1ccc(Br)cc1F. The molecular formula is C16H15BrFNO3S. The van der Waals surface area contributed by atoms with Crippen LogP contribution in [0.1, 0.15) is 23.7 Å².